The first-order chi connectivity index (χ1) is 57.1. The van der Waals surface area contributed by atoms with Gasteiger partial charge in [0.05, 0.1) is 51.6 Å². The molecule has 0 N–H and O–H groups in total. The molecule has 0 spiro atoms. The maximum atomic E-state index is 10.4. The van der Waals surface area contributed by atoms with Gasteiger partial charge in [0.25, 0.3) is 6.71 Å². The zero-order valence-corrected chi connectivity index (χ0v) is 70.8. The van der Waals surface area contributed by atoms with Crippen molar-refractivity contribution in [1.29, 1.82) is 5.26 Å². The summed E-state index contributed by atoms with van der Waals surface area (Å²) in [5.74, 6) is 0. The number of benzene rings is 15. The van der Waals surface area contributed by atoms with Crippen molar-refractivity contribution in [3.05, 3.63) is 360 Å². The maximum Gasteiger partial charge on any atom is 0.252 e. The van der Waals surface area contributed by atoms with Gasteiger partial charge in [-0.3, -0.25) is 0 Å². The van der Waals surface area contributed by atoms with Crippen LogP contribution in [0.1, 0.15) is 137 Å². The largest absolute Gasteiger partial charge is 0.310 e. The van der Waals surface area contributed by atoms with Gasteiger partial charge in [-0.25, -0.2) is 4.85 Å². The van der Waals surface area contributed by atoms with Gasteiger partial charge in [-0.15, -0.1) is 0 Å². The molecule has 0 radical (unpaired) electrons. The predicted molar refractivity (Wildman–Crippen MR) is 506 cm³/mol. The molecule has 6 nitrogen and oxygen atoms in total. The summed E-state index contributed by atoms with van der Waals surface area (Å²) in [5, 5.41) is 15.2. The van der Waals surface area contributed by atoms with Gasteiger partial charge in [0.15, 0.2) is 5.69 Å². The van der Waals surface area contributed by atoms with Crippen molar-refractivity contribution in [2.24, 2.45) is 0 Å². The molecule has 2 aliphatic heterocycles. The number of fused-ring (bicyclic) bond motifs is 10. The number of nitrogens with zero attached hydrogens (tertiary/aromatic N) is 6. The normalized spacial score (nSPS) is 12.9. The van der Waals surface area contributed by atoms with Crippen molar-refractivity contribution in [2.45, 2.75) is 131 Å². The van der Waals surface area contributed by atoms with E-state index in [1.54, 1.807) is 0 Å². The molecule has 0 amide bonds. The molecule has 119 heavy (non-hydrogen) atoms. The first kappa shape index (κ1) is 75.6. The molecule has 17 aromatic rings. The minimum absolute atomic E-state index is 0.230. The summed E-state index contributed by atoms with van der Waals surface area (Å²) in [6.07, 6.45) is 0. The van der Waals surface area contributed by atoms with Crippen LogP contribution in [0, 0.1) is 17.9 Å². The molecule has 0 saturated carbocycles. The number of rotatable bonds is 10. The van der Waals surface area contributed by atoms with E-state index in [2.05, 4.69) is 425 Å². The van der Waals surface area contributed by atoms with Crippen LogP contribution < -0.4 is 26.2 Å². The van der Waals surface area contributed by atoms with E-state index in [1.807, 2.05) is 24.3 Å². The predicted octanol–water partition coefficient (Wildman–Crippen LogP) is 28.9. The second-order valence-electron chi connectivity index (χ2n) is 38.0. The molecule has 2 aliphatic rings. The zero-order chi connectivity index (χ0) is 82.5. The van der Waals surface area contributed by atoms with Crippen molar-refractivity contribution in [3.63, 3.8) is 0 Å². The third-order valence-electron chi connectivity index (χ3n) is 25.0. The van der Waals surface area contributed by atoms with Crippen molar-refractivity contribution in [2.75, 3.05) is 9.80 Å². The second-order valence-corrected chi connectivity index (χ2v) is 38.0. The number of hydrogen-bond acceptors (Lipinski definition) is 3. The smallest absolute Gasteiger partial charge is 0.252 e. The van der Waals surface area contributed by atoms with Crippen LogP contribution in [0.25, 0.3) is 127 Å². The molecule has 7 heteroatoms. The van der Waals surface area contributed by atoms with Crippen molar-refractivity contribution in [1.82, 2.24) is 9.13 Å². The SMILES string of the molecule is [C-]#[N+]c1ccc(-c2cc(-c3ccccc3)c(N3c4cc(-n5c6ccccc6c6ccccc65)ccc4B4c5ccc(-n6c7ccccc7c7ccccc76)cc5N(c5c(-c6ccccc6)cc(-c6ccc(C#N)cc6)cc5-c5cc(C(C)(C)C)cc(C(C)(C)C)c5)c5cc(C(C)(C)C)cc3c54)c(-c3cc(C(C)(C)C)cc(C(C)(C)C)c3)c2)cc1. The Morgan fingerprint density at radius 3 is 0.924 bits per heavy atom. The molecule has 0 aliphatic carbocycles. The van der Waals surface area contributed by atoms with E-state index in [9.17, 15) is 5.26 Å². The summed E-state index contributed by atoms with van der Waals surface area (Å²) >= 11 is 0. The Bertz CT molecular complexity index is 6480. The van der Waals surface area contributed by atoms with Gasteiger partial charge in [0.1, 0.15) is 0 Å². The standard InChI is InChI=1S/C112H97BN6/c1-108(2,3)79-55-77(56-80(63-79)109(4,5)6)93-61-75(71-45-43-70(69-114)44-46-71)59-91(73-31-19-17-20-32-73)106(93)118-101-67-85(116-97-39-27-23-35-87(97)88-36-24-28-40-98(88)116)51-53-95(101)113-96-54-52-86(117-99-41-29-25-37-89(99)90-38-26-30-42-100(90)117)68-102(96)119(104-66-83(112(13,14)15)65-103(118)105(104)113)107-92(74-33-21-18-22-34-74)60-76(72-47-49-84(115-16)50-48-72)62-94(107)78-57-81(110(7,8)9)64-82(58-78)111(10,11)12/h17-68H,1-15H3. The summed E-state index contributed by atoms with van der Waals surface area (Å²) in [6.45, 7) is 43.2. The van der Waals surface area contributed by atoms with Crippen molar-refractivity contribution >= 4 is 107 Å². The molecule has 0 saturated heterocycles. The van der Waals surface area contributed by atoms with Crippen LogP contribution in [-0.2, 0) is 27.1 Å². The van der Waals surface area contributed by atoms with E-state index in [4.69, 9.17) is 6.57 Å². The van der Waals surface area contributed by atoms with E-state index in [0.717, 1.165) is 134 Å². The fourth-order valence-corrected chi connectivity index (χ4v) is 18.5. The van der Waals surface area contributed by atoms with Gasteiger partial charge in [-0.2, -0.15) is 5.26 Å². The average molecular weight is 1540 g/mol. The fourth-order valence-electron chi connectivity index (χ4n) is 18.5. The lowest BCUT2D eigenvalue weighted by atomic mass is 9.33. The molecule has 0 bridgehead atoms. The lowest BCUT2D eigenvalue weighted by Gasteiger charge is -2.46. The second kappa shape index (κ2) is 28.2. The van der Waals surface area contributed by atoms with Crippen LogP contribution in [0.4, 0.5) is 39.8 Å². The van der Waals surface area contributed by atoms with Crippen LogP contribution in [0.15, 0.2) is 315 Å². The Balaban J connectivity index is 1.03. The topological polar surface area (TPSA) is 44.5 Å². The Labute approximate surface area is 701 Å². The summed E-state index contributed by atoms with van der Waals surface area (Å²) in [5.41, 5.74) is 35.5. The number of anilines is 6. The number of aromatic nitrogens is 2. The molecule has 578 valence electrons. The number of para-hydroxylation sites is 4. The Morgan fingerprint density at radius 1 is 0.286 bits per heavy atom. The van der Waals surface area contributed by atoms with Crippen LogP contribution in [-0.4, -0.2) is 15.8 Å². The molecule has 0 unspecified atom stereocenters. The first-order valence-corrected chi connectivity index (χ1v) is 41.9. The van der Waals surface area contributed by atoms with Gasteiger partial charge in [0, 0.05) is 77.9 Å². The molecule has 0 fully saturated rings. The zero-order valence-electron chi connectivity index (χ0n) is 70.8. The molecule has 2 aromatic heterocycles. The van der Waals surface area contributed by atoms with E-state index in [0.29, 0.717) is 11.3 Å². The average Bonchev–Trinajstić information content (AvgIpc) is 0.784. The minimum atomic E-state index is -0.434. The van der Waals surface area contributed by atoms with Crippen LogP contribution in [0.2, 0.25) is 0 Å². The Morgan fingerprint density at radius 2 is 0.597 bits per heavy atom. The third-order valence-corrected chi connectivity index (χ3v) is 25.0. The summed E-state index contributed by atoms with van der Waals surface area (Å²) in [7, 11) is 0. The molecular formula is C112H97BN6. The summed E-state index contributed by atoms with van der Waals surface area (Å²) < 4.78 is 4.99. The van der Waals surface area contributed by atoms with Gasteiger partial charge >= 0.3 is 0 Å². The van der Waals surface area contributed by atoms with Crippen LogP contribution in [0.3, 0.4) is 0 Å². The highest BCUT2D eigenvalue weighted by Gasteiger charge is 2.47. The monoisotopic (exact) mass is 1540 g/mol. The van der Waals surface area contributed by atoms with E-state index < -0.39 is 5.41 Å². The highest BCUT2D eigenvalue weighted by atomic mass is 15.2. The fraction of sp³-hybridized carbons (Fsp3) is 0.179. The minimum Gasteiger partial charge on any atom is -0.310 e. The molecule has 15 aromatic carbocycles. The number of hydrogen-bond donors (Lipinski definition) is 0. The number of nitriles is 1. The lowest BCUT2D eigenvalue weighted by Crippen LogP contribution is -2.61. The Hall–Kier alpha value is -13.5. The Kier molecular flexibility index (Phi) is 17.9. The third kappa shape index (κ3) is 13.0. The highest BCUT2D eigenvalue weighted by Crippen LogP contribution is 2.57. The maximum absolute atomic E-state index is 10.4. The van der Waals surface area contributed by atoms with E-state index >= 15 is 0 Å². The molecule has 4 heterocycles. The highest BCUT2D eigenvalue weighted by molar-refractivity contribution is 7.00. The van der Waals surface area contributed by atoms with Crippen molar-refractivity contribution in [3.8, 4) is 84.2 Å². The van der Waals surface area contributed by atoms with Gasteiger partial charge in [0.2, 0.25) is 0 Å². The van der Waals surface area contributed by atoms with Crippen LogP contribution in [0.5, 0.6) is 0 Å². The molecule has 19 rings (SSSR count). The van der Waals surface area contributed by atoms with Crippen LogP contribution >= 0.6 is 0 Å². The summed E-state index contributed by atoms with van der Waals surface area (Å²) in [6, 6.07) is 121. The van der Waals surface area contributed by atoms with Gasteiger partial charge in [-0.1, -0.05) is 322 Å². The quantitative estimate of drug-likeness (QED) is 0.101. The van der Waals surface area contributed by atoms with Gasteiger partial charge < -0.3 is 18.9 Å². The van der Waals surface area contributed by atoms with E-state index in [-0.39, 0.29) is 28.4 Å². The van der Waals surface area contributed by atoms with Gasteiger partial charge in [-0.05, 0) is 213 Å². The van der Waals surface area contributed by atoms with Crippen molar-refractivity contribution < 1.29 is 0 Å². The first-order valence-electron chi connectivity index (χ1n) is 41.9. The van der Waals surface area contributed by atoms with E-state index in [1.165, 1.54) is 65.8 Å². The summed E-state index contributed by atoms with van der Waals surface area (Å²) in [4.78, 5) is 9.37. The lowest BCUT2D eigenvalue weighted by molar-refractivity contribution is 0.568. The molecular weight excluding hydrogens is 1440 g/mol. The molecule has 0 atom stereocenters.